The van der Waals surface area contributed by atoms with Gasteiger partial charge in [-0.1, -0.05) is 12.2 Å². The highest BCUT2D eigenvalue weighted by Gasteiger charge is 2.16. The van der Waals surface area contributed by atoms with E-state index in [9.17, 15) is 9.59 Å². The van der Waals surface area contributed by atoms with Gasteiger partial charge in [-0.3, -0.25) is 4.68 Å². The number of carbonyl (C=O) groups is 2. The van der Waals surface area contributed by atoms with Crippen LogP contribution >= 0.6 is 0 Å². The lowest BCUT2D eigenvalue weighted by atomic mass is 10.2. The second-order valence-corrected chi connectivity index (χ2v) is 5.68. The van der Waals surface area contributed by atoms with E-state index in [1.165, 1.54) is 11.8 Å². The minimum Gasteiger partial charge on any atom is -0.464 e. The van der Waals surface area contributed by atoms with E-state index in [1.54, 1.807) is 19.3 Å². The molecule has 0 spiro atoms. The van der Waals surface area contributed by atoms with Crippen molar-refractivity contribution in [1.29, 1.82) is 0 Å². The zero-order valence-corrected chi connectivity index (χ0v) is 13.7. The molecular weight excluding hydrogens is 286 g/mol. The number of ether oxygens (including phenoxy) is 2. The van der Waals surface area contributed by atoms with Crippen molar-refractivity contribution in [2.75, 3.05) is 13.7 Å². The van der Waals surface area contributed by atoms with Crippen molar-refractivity contribution in [3.05, 3.63) is 23.5 Å². The number of aryl methyl sites for hydroxylation is 1. The van der Waals surface area contributed by atoms with Crippen molar-refractivity contribution in [2.45, 2.75) is 32.8 Å². The molecule has 1 heterocycles. The predicted molar refractivity (Wildman–Crippen MR) is 82.4 cm³/mol. The number of hydrogen-bond donors (Lipinski definition) is 1. The van der Waals surface area contributed by atoms with E-state index in [2.05, 4.69) is 10.4 Å². The zero-order valence-electron chi connectivity index (χ0n) is 13.7. The van der Waals surface area contributed by atoms with Crippen LogP contribution in [0, 0.1) is 0 Å². The maximum absolute atomic E-state index is 11.6. The van der Waals surface area contributed by atoms with Gasteiger partial charge in [-0.15, -0.1) is 0 Å². The molecule has 1 aromatic heterocycles. The number of nitrogens with one attached hydrogen (secondary N) is 1. The number of nitrogens with zero attached hydrogens (tertiary/aromatic N) is 2. The Kier molecular flexibility index (Phi) is 6.15. The van der Waals surface area contributed by atoms with Gasteiger partial charge in [0.2, 0.25) is 0 Å². The number of carbonyl (C=O) groups excluding carboxylic acids is 2. The lowest BCUT2D eigenvalue weighted by molar-refractivity contribution is 0.0527. The Morgan fingerprint density at radius 1 is 1.41 bits per heavy atom. The average Bonchev–Trinajstić information content (AvgIpc) is 2.76. The molecule has 0 aliphatic heterocycles. The van der Waals surface area contributed by atoms with Gasteiger partial charge < -0.3 is 14.8 Å². The first-order valence-corrected chi connectivity index (χ1v) is 6.98. The molecule has 0 saturated heterocycles. The first kappa shape index (κ1) is 17.7. The maximum Gasteiger partial charge on any atom is 0.407 e. The third-order valence-corrected chi connectivity index (χ3v) is 2.62. The van der Waals surface area contributed by atoms with Crippen LogP contribution in [-0.2, 0) is 16.5 Å². The molecule has 0 aromatic carbocycles. The monoisotopic (exact) mass is 309 g/mol. The van der Waals surface area contributed by atoms with Crippen LogP contribution in [0.25, 0.3) is 6.08 Å². The molecule has 0 radical (unpaired) electrons. The van der Waals surface area contributed by atoms with Crippen LogP contribution in [0.5, 0.6) is 0 Å². The van der Waals surface area contributed by atoms with Crippen LogP contribution in [0.2, 0.25) is 0 Å². The summed E-state index contributed by atoms with van der Waals surface area (Å²) in [6.07, 6.45) is 5.37. The Morgan fingerprint density at radius 2 is 2.09 bits per heavy atom. The van der Waals surface area contributed by atoms with Gasteiger partial charge in [-0.05, 0) is 27.2 Å². The van der Waals surface area contributed by atoms with Gasteiger partial charge in [0.25, 0.3) is 0 Å². The Hall–Kier alpha value is -2.31. The van der Waals surface area contributed by atoms with Gasteiger partial charge in [0, 0.05) is 19.2 Å². The molecule has 0 aliphatic carbocycles. The highest BCUT2D eigenvalue weighted by Crippen LogP contribution is 2.11. The van der Waals surface area contributed by atoms with Crippen molar-refractivity contribution in [1.82, 2.24) is 15.1 Å². The van der Waals surface area contributed by atoms with Crippen LogP contribution < -0.4 is 5.32 Å². The number of aromatic nitrogens is 2. The molecule has 22 heavy (non-hydrogen) atoms. The molecule has 0 bridgehead atoms. The van der Waals surface area contributed by atoms with E-state index in [-0.39, 0.29) is 0 Å². The van der Waals surface area contributed by atoms with E-state index in [1.807, 2.05) is 26.8 Å². The molecule has 1 rings (SSSR count). The van der Waals surface area contributed by atoms with Crippen molar-refractivity contribution in [3.8, 4) is 0 Å². The number of esters is 1. The quantitative estimate of drug-likeness (QED) is 0.665. The molecule has 1 aromatic rings. The van der Waals surface area contributed by atoms with Crippen molar-refractivity contribution in [2.24, 2.45) is 7.05 Å². The fourth-order valence-corrected chi connectivity index (χ4v) is 1.71. The number of alkyl carbamates (subject to hydrolysis) is 1. The normalized spacial score (nSPS) is 11.5. The largest absolute Gasteiger partial charge is 0.464 e. The molecule has 0 atom stereocenters. The Bertz CT molecular complexity index is 556. The fraction of sp³-hybridized carbons (Fsp3) is 0.533. The Balaban J connectivity index is 2.48. The van der Waals surface area contributed by atoms with Crippen molar-refractivity contribution < 1.29 is 19.1 Å². The SMILES string of the molecule is COC(=O)c1c(C=CCCNC(=O)OC(C)(C)C)cnn1C. The lowest BCUT2D eigenvalue weighted by Crippen LogP contribution is -2.32. The van der Waals surface area contributed by atoms with E-state index in [0.717, 1.165) is 0 Å². The molecule has 122 valence electrons. The van der Waals surface area contributed by atoms with E-state index in [4.69, 9.17) is 9.47 Å². The smallest absolute Gasteiger partial charge is 0.407 e. The van der Waals surface area contributed by atoms with Gasteiger partial charge in [-0.2, -0.15) is 5.10 Å². The maximum atomic E-state index is 11.6. The van der Waals surface area contributed by atoms with Gasteiger partial charge >= 0.3 is 12.1 Å². The fourth-order valence-electron chi connectivity index (χ4n) is 1.71. The molecule has 1 N–H and O–H groups in total. The Labute approximate surface area is 130 Å². The highest BCUT2D eigenvalue weighted by molar-refractivity contribution is 5.91. The van der Waals surface area contributed by atoms with Crippen LogP contribution in [0.1, 0.15) is 43.2 Å². The third kappa shape index (κ3) is 5.59. The number of amides is 1. The summed E-state index contributed by atoms with van der Waals surface area (Å²) in [5.41, 5.74) is 0.552. The van der Waals surface area contributed by atoms with Crippen LogP contribution in [0.3, 0.4) is 0 Å². The molecular formula is C15H23N3O4. The summed E-state index contributed by atoms with van der Waals surface area (Å²) >= 11 is 0. The average molecular weight is 309 g/mol. The summed E-state index contributed by atoms with van der Waals surface area (Å²) < 4.78 is 11.3. The summed E-state index contributed by atoms with van der Waals surface area (Å²) in [6.45, 7) is 5.87. The van der Waals surface area contributed by atoms with Gasteiger partial charge in [0.15, 0.2) is 5.69 Å². The van der Waals surface area contributed by atoms with E-state index >= 15 is 0 Å². The standard InChI is InChI=1S/C15H23N3O4/c1-15(2,3)22-14(20)16-9-7-6-8-11-10-17-18(4)12(11)13(19)21-5/h6,8,10H,7,9H2,1-5H3,(H,16,20). The number of methoxy groups -OCH3 is 1. The first-order chi connectivity index (χ1) is 10.2. The molecule has 0 unspecified atom stereocenters. The topological polar surface area (TPSA) is 82.4 Å². The Morgan fingerprint density at radius 3 is 2.68 bits per heavy atom. The van der Waals surface area contributed by atoms with Crippen molar-refractivity contribution >= 4 is 18.1 Å². The summed E-state index contributed by atoms with van der Waals surface area (Å²) in [6, 6.07) is 0. The second-order valence-electron chi connectivity index (χ2n) is 5.68. The minimum absolute atomic E-state index is 0.388. The molecule has 0 saturated carbocycles. The first-order valence-electron chi connectivity index (χ1n) is 6.98. The van der Waals surface area contributed by atoms with Crippen LogP contribution in [-0.4, -0.2) is 41.1 Å². The van der Waals surface area contributed by atoms with Gasteiger partial charge in [-0.25, -0.2) is 9.59 Å². The molecule has 0 fully saturated rings. The van der Waals surface area contributed by atoms with Crippen LogP contribution in [0.4, 0.5) is 4.79 Å². The van der Waals surface area contributed by atoms with E-state index < -0.39 is 17.7 Å². The predicted octanol–water partition coefficient (Wildman–Crippen LogP) is 2.13. The minimum atomic E-state index is -0.509. The van der Waals surface area contributed by atoms with Crippen molar-refractivity contribution in [3.63, 3.8) is 0 Å². The highest BCUT2D eigenvalue weighted by atomic mass is 16.6. The molecule has 0 aliphatic rings. The molecule has 7 heteroatoms. The summed E-state index contributed by atoms with van der Waals surface area (Å²) in [7, 11) is 3.00. The second kappa shape index (κ2) is 7.63. The summed E-state index contributed by atoms with van der Waals surface area (Å²) in [4.78, 5) is 23.1. The van der Waals surface area contributed by atoms with Gasteiger partial charge in [0.05, 0.1) is 13.3 Å². The lowest BCUT2D eigenvalue weighted by Gasteiger charge is -2.19. The number of rotatable bonds is 5. The van der Waals surface area contributed by atoms with Gasteiger partial charge in [0.1, 0.15) is 5.60 Å². The summed E-state index contributed by atoms with van der Waals surface area (Å²) in [5, 5.41) is 6.68. The van der Waals surface area contributed by atoms with Crippen LogP contribution in [0.15, 0.2) is 12.3 Å². The van der Waals surface area contributed by atoms with E-state index in [0.29, 0.717) is 24.2 Å². The number of hydrogen-bond acceptors (Lipinski definition) is 5. The summed E-state index contributed by atoms with van der Waals surface area (Å²) in [5.74, 6) is -0.438. The third-order valence-electron chi connectivity index (χ3n) is 2.62. The molecule has 7 nitrogen and oxygen atoms in total. The zero-order chi connectivity index (χ0) is 16.8. The molecule has 1 amide bonds.